The fraction of sp³-hybridized carbons (Fsp3) is 0.926. The molecular weight excluding hydrogens is 388 g/mol. The van der Waals surface area contributed by atoms with Crippen LogP contribution in [0.1, 0.15) is 137 Å². The predicted molar refractivity (Wildman–Crippen MR) is 130 cm³/mol. The number of rotatable bonds is 22. The van der Waals surface area contributed by atoms with Crippen molar-refractivity contribution in [3.63, 3.8) is 0 Å². The second-order valence-corrected chi connectivity index (χ2v) is 9.76. The van der Waals surface area contributed by atoms with Crippen molar-refractivity contribution in [2.45, 2.75) is 137 Å². The molecule has 0 aromatic rings. The van der Waals surface area contributed by atoms with E-state index in [9.17, 15) is 9.59 Å². The Hall–Kier alpha value is -1.06. The number of carboxylic acid groups (broad SMARTS) is 1. The van der Waals surface area contributed by atoms with Crippen LogP contribution in [0.3, 0.4) is 0 Å². The van der Waals surface area contributed by atoms with Crippen LogP contribution in [0.4, 0.5) is 0 Å². The summed E-state index contributed by atoms with van der Waals surface area (Å²) in [5.41, 5.74) is 0. The van der Waals surface area contributed by atoms with Gasteiger partial charge in [0.1, 0.15) is 0 Å². The highest BCUT2D eigenvalue weighted by Gasteiger charge is 2.14. The quantitative estimate of drug-likeness (QED) is 0.136. The minimum absolute atomic E-state index is 0.0157. The smallest absolute Gasteiger partial charge is 0.305 e. The molecule has 184 valence electrons. The van der Waals surface area contributed by atoms with Crippen molar-refractivity contribution < 1.29 is 19.4 Å². The summed E-state index contributed by atoms with van der Waals surface area (Å²) in [6.07, 6.45) is 18.5. The molecule has 0 spiro atoms. The lowest BCUT2D eigenvalue weighted by atomic mass is 9.86. The van der Waals surface area contributed by atoms with Crippen molar-refractivity contribution in [2.75, 3.05) is 6.61 Å². The van der Waals surface area contributed by atoms with Gasteiger partial charge in [0.05, 0.1) is 6.61 Å². The van der Waals surface area contributed by atoms with E-state index < -0.39 is 5.97 Å². The van der Waals surface area contributed by atoms with E-state index in [4.69, 9.17) is 9.84 Å². The van der Waals surface area contributed by atoms with E-state index in [1.54, 1.807) is 0 Å². The van der Waals surface area contributed by atoms with Crippen molar-refractivity contribution in [3.05, 3.63) is 0 Å². The van der Waals surface area contributed by atoms with Gasteiger partial charge in [-0.3, -0.25) is 9.59 Å². The molecule has 4 nitrogen and oxygen atoms in total. The number of aliphatic carboxylic acids is 1. The molecule has 2 atom stereocenters. The van der Waals surface area contributed by atoms with Gasteiger partial charge in [-0.2, -0.15) is 0 Å². The van der Waals surface area contributed by atoms with Crippen LogP contribution in [0.15, 0.2) is 0 Å². The van der Waals surface area contributed by atoms with Crippen LogP contribution >= 0.6 is 0 Å². The molecule has 0 aliphatic rings. The lowest BCUT2D eigenvalue weighted by molar-refractivity contribution is -0.145. The van der Waals surface area contributed by atoms with Crippen molar-refractivity contribution >= 4 is 11.9 Å². The van der Waals surface area contributed by atoms with Gasteiger partial charge in [-0.15, -0.1) is 0 Å². The number of carbonyl (C=O) groups is 2. The van der Waals surface area contributed by atoms with Gasteiger partial charge < -0.3 is 9.84 Å². The lowest BCUT2D eigenvalue weighted by Gasteiger charge is -2.19. The van der Waals surface area contributed by atoms with Crippen LogP contribution < -0.4 is 0 Å². The van der Waals surface area contributed by atoms with E-state index in [2.05, 4.69) is 27.7 Å². The second kappa shape index (κ2) is 20.8. The molecule has 2 unspecified atom stereocenters. The molecule has 31 heavy (non-hydrogen) atoms. The topological polar surface area (TPSA) is 63.6 Å². The van der Waals surface area contributed by atoms with Crippen LogP contribution in [-0.2, 0) is 14.3 Å². The van der Waals surface area contributed by atoms with Crippen LogP contribution in [0.25, 0.3) is 0 Å². The average molecular weight is 441 g/mol. The summed E-state index contributed by atoms with van der Waals surface area (Å²) in [7, 11) is 0. The third kappa shape index (κ3) is 19.4. The Morgan fingerprint density at radius 2 is 1.32 bits per heavy atom. The Morgan fingerprint density at radius 1 is 0.742 bits per heavy atom. The standard InChI is InChI=1S/C27H52O4/c1-5-7-17-24(6-2)22-31-27(30)19-16-14-12-10-8-9-11-13-15-18-25(23(3)4)20-21-26(28)29/h23-25H,5-22H2,1-4H3,(H,28,29). The molecule has 0 rings (SSSR count). The predicted octanol–water partition coefficient (Wildman–Crippen LogP) is 8.17. The summed E-state index contributed by atoms with van der Waals surface area (Å²) in [5, 5.41) is 8.87. The highest BCUT2D eigenvalue weighted by Crippen LogP contribution is 2.24. The van der Waals surface area contributed by atoms with Gasteiger partial charge in [-0.05, 0) is 37.0 Å². The summed E-state index contributed by atoms with van der Waals surface area (Å²) in [4.78, 5) is 22.7. The first kappa shape index (κ1) is 29.9. The number of unbranched alkanes of at least 4 members (excludes halogenated alkanes) is 9. The van der Waals surface area contributed by atoms with E-state index in [-0.39, 0.29) is 5.97 Å². The maximum atomic E-state index is 11.9. The molecule has 0 amide bonds. The van der Waals surface area contributed by atoms with Gasteiger partial charge in [0.15, 0.2) is 0 Å². The molecule has 0 radical (unpaired) electrons. The maximum absolute atomic E-state index is 11.9. The molecule has 0 fully saturated rings. The summed E-state index contributed by atoms with van der Waals surface area (Å²) in [5.74, 6) is 0.968. The van der Waals surface area contributed by atoms with E-state index in [1.807, 2.05) is 0 Å². The largest absolute Gasteiger partial charge is 0.481 e. The molecule has 0 aliphatic carbocycles. The Kier molecular flexibility index (Phi) is 20.1. The van der Waals surface area contributed by atoms with Crippen LogP contribution in [0, 0.1) is 17.8 Å². The summed E-state index contributed by atoms with van der Waals surface area (Å²) < 4.78 is 5.47. The number of esters is 1. The number of hydrogen-bond donors (Lipinski definition) is 1. The van der Waals surface area contributed by atoms with Crippen molar-refractivity contribution in [1.29, 1.82) is 0 Å². The van der Waals surface area contributed by atoms with E-state index in [1.165, 1.54) is 70.6 Å². The monoisotopic (exact) mass is 440 g/mol. The Balaban J connectivity index is 3.53. The van der Waals surface area contributed by atoms with Crippen molar-refractivity contribution in [2.24, 2.45) is 17.8 Å². The summed E-state index contributed by atoms with van der Waals surface area (Å²) in [6.45, 7) is 9.41. The number of ether oxygens (including phenoxy) is 1. The fourth-order valence-corrected chi connectivity index (χ4v) is 4.21. The number of hydrogen-bond acceptors (Lipinski definition) is 3. The first-order chi connectivity index (χ1) is 14.9. The summed E-state index contributed by atoms with van der Waals surface area (Å²) >= 11 is 0. The molecule has 0 saturated heterocycles. The number of carbonyl (C=O) groups excluding carboxylic acids is 1. The number of carboxylic acids is 1. The lowest BCUT2D eigenvalue weighted by Crippen LogP contribution is -2.13. The van der Waals surface area contributed by atoms with Gasteiger partial charge in [0.25, 0.3) is 0 Å². The molecule has 1 N–H and O–H groups in total. The van der Waals surface area contributed by atoms with Crippen LogP contribution in [0.2, 0.25) is 0 Å². The van der Waals surface area contributed by atoms with Gasteiger partial charge in [0.2, 0.25) is 0 Å². The van der Waals surface area contributed by atoms with Gasteiger partial charge >= 0.3 is 11.9 Å². The first-order valence-corrected chi connectivity index (χ1v) is 13.3. The molecule has 0 aromatic carbocycles. The highest BCUT2D eigenvalue weighted by atomic mass is 16.5. The average Bonchev–Trinajstić information content (AvgIpc) is 2.73. The second-order valence-electron chi connectivity index (χ2n) is 9.76. The first-order valence-electron chi connectivity index (χ1n) is 13.3. The van der Waals surface area contributed by atoms with Gasteiger partial charge in [0, 0.05) is 12.8 Å². The fourth-order valence-electron chi connectivity index (χ4n) is 4.21. The van der Waals surface area contributed by atoms with Crippen LogP contribution in [-0.4, -0.2) is 23.7 Å². The summed E-state index contributed by atoms with van der Waals surface area (Å²) in [6, 6.07) is 0. The van der Waals surface area contributed by atoms with E-state index in [0.717, 1.165) is 25.7 Å². The normalized spacial score (nSPS) is 13.3. The minimum Gasteiger partial charge on any atom is -0.481 e. The molecule has 0 saturated carbocycles. The third-order valence-corrected chi connectivity index (χ3v) is 6.65. The van der Waals surface area contributed by atoms with Crippen molar-refractivity contribution in [3.8, 4) is 0 Å². The molecule has 0 bridgehead atoms. The highest BCUT2D eigenvalue weighted by molar-refractivity contribution is 5.69. The molecule has 0 aromatic heterocycles. The van der Waals surface area contributed by atoms with E-state index >= 15 is 0 Å². The zero-order chi connectivity index (χ0) is 23.3. The van der Waals surface area contributed by atoms with Crippen molar-refractivity contribution in [1.82, 2.24) is 0 Å². The third-order valence-electron chi connectivity index (χ3n) is 6.65. The molecule has 0 aliphatic heterocycles. The van der Waals surface area contributed by atoms with E-state index in [0.29, 0.717) is 37.2 Å². The maximum Gasteiger partial charge on any atom is 0.305 e. The SMILES string of the molecule is CCCCC(CC)COC(=O)CCCCCCCCCCCC(CCC(=O)O)C(C)C. The molecule has 0 heterocycles. The minimum atomic E-state index is -0.671. The Morgan fingerprint density at radius 3 is 1.84 bits per heavy atom. The van der Waals surface area contributed by atoms with Gasteiger partial charge in [-0.1, -0.05) is 105 Å². The van der Waals surface area contributed by atoms with Crippen LogP contribution in [0.5, 0.6) is 0 Å². The Labute approximate surface area is 192 Å². The van der Waals surface area contributed by atoms with Gasteiger partial charge in [-0.25, -0.2) is 0 Å². The molecule has 4 heteroatoms. The zero-order valence-electron chi connectivity index (χ0n) is 21.1. The molecular formula is C27H52O4. The zero-order valence-corrected chi connectivity index (χ0v) is 21.1. The Bertz CT molecular complexity index is 433.